The number of nitrogens with zero attached hydrogens (tertiary/aromatic N) is 5. The van der Waals surface area contributed by atoms with Crippen molar-refractivity contribution in [1.82, 2.24) is 24.8 Å². The first-order valence-electron chi connectivity index (χ1n) is 9.42. The zero-order valence-electron chi connectivity index (χ0n) is 16.2. The van der Waals surface area contributed by atoms with Gasteiger partial charge in [0.1, 0.15) is 11.6 Å². The van der Waals surface area contributed by atoms with Gasteiger partial charge in [-0.1, -0.05) is 6.42 Å². The number of aliphatic hydroxyl groups is 2. The number of hydrogen-bond donors (Lipinski definition) is 3. The number of hydrogen-bond acceptors (Lipinski definition) is 8. The van der Waals surface area contributed by atoms with Crippen LogP contribution < -0.4 is 5.32 Å². The monoisotopic (exact) mass is 372 g/mol. The van der Waals surface area contributed by atoms with Crippen molar-refractivity contribution in [3.05, 3.63) is 35.0 Å². The molecule has 8 nitrogen and oxygen atoms in total. The Bertz CT molecular complexity index is 761. The van der Waals surface area contributed by atoms with Crippen LogP contribution in [-0.4, -0.2) is 60.8 Å². The van der Waals surface area contributed by atoms with E-state index in [9.17, 15) is 10.2 Å². The van der Waals surface area contributed by atoms with Gasteiger partial charge in [-0.15, -0.1) is 0 Å². The summed E-state index contributed by atoms with van der Waals surface area (Å²) in [6.07, 6.45) is 3.02. The molecule has 3 heterocycles. The lowest BCUT2D eigenvalue weighted by atomic mass is 9.99. The molecular formula is C19H28N6O2. The highest BCUT2D eigenvalue weighted by Crippen LogP contribution is 2.31. The predicted octanol–water partition coefficient (Wildman–Crippen LogP) is 1.82. The van der Waals surface area contributed by atoms with Gasteiger partial charge in [-0.3, -0.25) is 4.90 Å². The maximum Gasteiger partial charge on any atom is 0.228 e. The topological polar surface area (TPSA) is 107 Å². The maximum absolute atomic E-state index is 9.63. The van der Waals surface area contributed by atoms with Crippen LogP contribution in [0.25, 0.3) is 0 Å². The first-order chi connectivity index (χ1) is 13.0. The summed E-state index contributed by atoms with van der Waals surface area (Å²) in [7, 11) is 0. The fraction of sp³-hybridized carbons (Fsp3) is 0.579. The summed E-state index contributed by atoms with van der Waals surface area (Å²) in [5.41, 5.74) is 2.63. The van der Waals surface area contributed by atoms with Gasteiger partial charge >= 0.3 is 0 Å². The maximum atomic E-state index is 9.63. The summed E-state index contributed by atoms with van der Waals surface area (Å²) in [5, 5.41) is 22.4. The molecule has 0 spiro atoms. The van der Waals surface area contributed by atoms with Crippen molar-refractivity contribution in [1.29, 1.82) is 0 Å². The van der Waals surface area contributed by atoms with Gasteiger partial charge in [0, 0.05) is 23.1 Å². The van der Waals surface area contributed by atoms with E-state index >= 15 is 0 Å². The lowest BCUT2D eigenvalue weighted by Gasteiger charge is -2.39. The van der Waals surface area contributed by atoms with E-state index in [1.54, 1.807) is 0 Å². The van der Waals surface area contributed by atoms with E-state index in [2.05, 4.69) is 25.2 Å². The number of aromatic nitrogens is 4. The predicted molar refractivity (Wildman–Crippen MR) is 103 cm³/mol. The highest BCUT2D eigenvalue weighted by atomic mass is 16.3. The second kappa shape index (κ2) is 8.69. The highest BCUT2D eigenvalue weighted by molar-refractivity contribution is 5.48. The van der Waals surface area contributed by atoms with Crippen LogP contribution in [0, 0.1) is 20.8 Å². The van der Waals surface area contributed by atoms with E-state index in [1.165, 1.54) is 0 Å². The van der Waals surface area contributed by atoms with Gasteiger partial charge in [-0.25, -0.2) is 19.9 Å². The third-order valence-corrected chi connectivity index (χ3v) is 4.83. The number of aryl methyl sites for hydroxylation is 3. The molecule has 1 aliphatic heterocycles. The van der Waals surface area contributed by atoms with Gasteiger partial charge in [0.15, 0.2) is 0 Å². The molecule has 1 aliphatic rings. The number of nitrogens with one attached hydrogen (secondary N) is 1. The minimum atomic E-state index is -0.293. The van der Waals surface area contributed by atoms with Gasteiger partial charge in [0.2, 0.25) is 5.95 Å². The van der Waals surface area contributed by atoms with Crippen molar-refractivity contribution < 1.29 is 10.2 Å². The molecule has 0 aliphatic carbocycles. The van der Waals surface area contributed by atoms with E-state index in [0.717, 1.165) is 42.9 Å². The minimum absolute atomic E-state index is 0.0244. The number of rotatable bonds is 6. The molecule has 0 aromatic carbocycles. The number of aliphatic hydroxyl groups excluding tert-OH is 2. The van der Waals surface area contributed by atoms with Crippen LogP contribution >= 0.6 is 0 Å². The first kappa shape index (κ1) is 19.6. The molecular weight excluding hydrogens is 344 g/mol. The van der Waals surface area contributed by atoms with Gasteiger partial charge < -0.3 is 15.5 Å². The van der Waals surface area contributed by atoms with Gasteiger partial charge in [0.25, 0.3) is 0 Å². The van der Waals surface area contributed by atoms with Crippen molar-refractivity contribution in [2.24, 2.45) is 0 Å². The SMILES string of the molecule is Cc1cc(C)nc(Nc2cc(C)nc([C@@H]3CCCCN3C(CO)CO)n2)n1. The molecule has 1 saturated heterocycles. The Labute approximate surface area is 159 Å². The molecule has 27 heavy (non-hydrogen) atoms. The van der Waals surface area contributed by atoms with E-state index < -0.39 is 0 Å². The standard InChI is InChI=1S/C19H28N6O2/c1-12-8-13(2)22-19(21-12)24-17-9-14(3)20-18(23-17)16-6-4-5-7-25(16)15(10-26)11-27/h8-9,15-16,26-27H,4-7,10-11H2,1-3H3,(H,20,21,22,23,24)/t16-/m0/s1. The van der Waals surface area contributed by atoms with Crippen molar-refractivity contribution in [2.75, 3.05) is 25.1 Å². The minimum Gasteiger partial charge on any atom is -0.395 e. The smallest absolute Gasteiger partial charge is 0.228 e. The Morgan fingerprint density at radius 2 is 1.67 bits per heavy atom. The summed E-state index contributed by atoms with van der Waals surface area (Å²) in [6.45, 7) is 6.44. The largest absolute Gasteiger partial charge is 0.395 e. The summed E-state index contributed by atoms with van der Waals surface area (Å²) in [4.78, 5) is 20.3. The quantitative estimate of drug-likeness (QED) is 0.705. The first-order valence-corrected chi connectivity index (χ1v) is 9.42. The molecule has 3 rings (SSSR count). The number of piperidine rings is 1. The molecule has 0 saturated carbocycles. The van der Waals surface area contributed by atoms with Crippen molar-refractivity contribution in [2.45, 2.75) is 52.1 Å². The van der Waals surface area contributed by atoms with Gasteiger partial charge in [-0.05, 0) is 46.2 Å². The Balaban J connectivity index is 1.89. The molecule has 0 amide bonds. The summed E-state index contributed by atoms with van der Waals surface area (Å²) < 4.78 is 0. The molecule has 3 N–H and O–H groups in total. The van der Waals surface area contributed by atoms with Gasteiger partial charge in [-0.2, -0.15) is 0 Å². The van der Waals surface area contributed by atoms with Crippen LogP contribution in [0.3, 0.4) is 0 Å². The van der Waals surface area contributed by atoms with Gasteiger partial charge in [0.05, 0.1) is 25.3 Å². The normalized spacial score (nSPS) is 18.1. The Morgan fingerprint density at radius 1 is 1.00 bits per heavy atom. The summed E-state index contributed by atoms with van der Waals surface area (Å²) in [5.74, 6) is 1.87. The summed E-state index contributed by atoms with van der Waals surface area (Å²) in [6, 6.07) is 3.47. The molecule has 2 aromatic rings. The van der Waals surface area contributed by atoms with E-state index in [4.69, 9.17) is 4.98 Å². The third-order valence-electron chi connectivity index (χ3n) is 4.83. The Hall–Kier alpha value is -2.16. The highest BCUT2D eigenvalue weighted by Gasteiger charge is 2.31. The second-order valence-electron chi connectivity index (χ2n) is 7.12. The Kier molecular flexibility index (Phi) is 6.30. The van der Waals surface area contributed by atoms with E-state index in [1.807, 2.05) is 32.9 Å². The fourth-order valence-electron chi connectivity index (χ4n) is 3.64. The van der Waals surface area contributed by atoms with Crippen LogP contribution in [-0.2, 0) is 0 Å². The molecule has 2 aromatic heterocycles. The van der Waals surface area contributed by atoms with Crippen LogP contribution in [0.15, 0.2) is 12.1 Å². The zero-order chi connectivity index (χ0) is 19.4. The molecule has 0 bridgehead atoms. The van der Waals surface area contributed by atoms with E-state index in [0.29, 0.717) is 17.6 Å². The molecule has 0 unspecified atom stereocenters. The van der Waals surface area contributed by atoms with Crippen molar-refractivity contribution in [3.63, 3.8) is 0 Å². The second-order valence-corrected chi connectivity index (χ2v) is 7.12. The van der Waals surface area contributed by atoms with Crippen molar-refractivity contribution in [3.8, 4) is 0 Å². The number of anilines is 2. The molecule has 0 radical (unpaired) electrons. The third kappa shape index (κ3) is 4.77. The van der Waals surface area contributed by atoms with Crippen LogP contribution in [0.1, 0.15) is 48.2 Å². The average molecular weight is 372 g/mol. The average Bonchev–Trinajstić information content (AvgIpc) is 2.62. The lowest BCUT2D eigenvalue weighted by molar-refractivity contribution is 0.0214. The van der Waals surface area contributed by atoms with E-state index in [-0.39, 0.29) is 25.3 Å². The van der Waals surface area contributed by atoms with Crippen LogP contribution in [0.5, 0.6) is 0 Å². The van der Waals surface area contributed by atoms with Crippen LogP contribution in [0.2, 0.25) is 0 Å². The molecule has 146 valence electrons. The molecule has 8 heteroatoms. The Morgan fingerprint density at radius 3 is 2.33 bits per heavy atom. The van der Waals surface area contributed by atoms with Crippen molar-refractivity contribution >= 4 is 11.8 Å². The molecule has 1 atom stereocenters. The lowest BCUT2D eigenvalue weighted by Crippen LogP contribution is -2.46. The zero-order valence-corrected chi connectivity index (χ0v) is 16.2. The summed E-state index contributed by atoms with van der Waals surface area (Å²) >= 11 is 0. The van der Waals surface area contributed by atoms with Crippen LogP contribution in [0.4, 0.5) is 11.8 Å². The molecule has 1 fully saturated rings. The number of likely N-dealkylation sites (tertiary alicyclic amines) is 1. The fourth-order valence-corrected chi connectivity index (χ4v) is 3.64.